The summed E-state index contributed by atoms with van der Waals surface area (Å²) in [5.41, 5.74) is 3.40. The SMILES string of the molecule is O=C(Nc1ccc2[nH]ccc2c1)c1sc(-n2cccc2)nc1-c1ccccc1. The fourth-order valence-electron chi connectivity index (χ4n) is 3.15. The summed E-state index contributed by atoms with van der Waals surface area (Å²) >= 11 is 1.38. The molecule has 0 aliphatic heterocycles. The Hall–Kier alpha value is -3.64. The van der Waals surface area contributed by atoms with E-state index in [-0.39, 0.29) is 5.91 Å². The van der Waals surface area contributed by atoms with Crippen LogP contribution in [0, 0.1) is 0 Å². The molecule has 2 N–H and O–H groups in total. The number of carbonyl (C=O) groups is 1. The van der Waals surface area contributed by atoms with Crippen LogP contribution in [-0.4, -0.2) is 20.4 Å². The monoisotopic (exact) mass is 384 g/mol. The zero-order valence-corrected chi connectivity index (χ0v) is 15.6. The standard InChI is InChI=1S/C22H16N4OS/c27-21(24-17-8-9-18-16(14-17)10-11-23-18)20-19(15-6-2-1-3-7-15)25-22(28-20)26-12-4-5-13-26/h1-14,23H,(H,24,27). The normalized spacial score (nSPS) is 11.0. The van der Waals surface area contributed by atoms with E-state index >= 15 is 0 Å². The van der Waals surface area contributed by atoms with Crippen molar-refractivity contribution in [1.82, 2.24) is 14.5 Å². The van der Waals surface area contributed by atoms with Crippen molar-refractivity contribution in [2.45, 2.75) is 0 Å². The molecular formula is C22H16N4OS. The van der Waals surface area contributed by atoms with Gasteiger partial charge >= 0.3 is 0 Å². The van der Waals surface area contributed by atoms with Crippen LogP contribution in [0.15, 0.2) is 85.3 Å². The number of nitrogens with one attached hydrogen (secondary N) is 2. The summed E-state index contributed by atoms with van der Waals surface area (Å²) in [6.07, 6.45) is 5.74. The van der Waals surface area contributed by atoms with Crippen LogP contribution in [0.5, 0.6) is 0 Å². The van der Waals surface area contributed by atoms with Crippen LogP contribution >= 0.6 is 11.3 Å². The fraction of sp³-hybridized carbons (Fsp3) is 0. The average Bonchev–Trinajstić information content (AvgIpc) is 3.47. The van der Waals surface area contributed by atoms with Gasteiger partial charge in [-0.25, -0.2) is 4.98 Å². The minimum absolute atomic E-state index is 0.162. The zero-order chi connectivity index (χ0) is 18.9. The maximum atomic E-state index is 13.1. The molecule has 5 nitrogen and oxygen atoms in total. The van der Waals surface area contributed by atoms with E-state index in [4.69, 9.17) is 4.98 Å². The average molecular weight is 384 g/mol. The summed E-state index contributed by atoms with van der Waals surface area (Å²) in [5, 5.41) is 4.83. The largest absolute Gasteiger partial charge is 0.361 e. The molecule has 3 aromatic heterocycles. The fourth-order valence-corrected chi connectivity index (χ4v) is 4.10. The Morgan fingerprint density at radius 1 is 1.00 bits per heavy atom. The quantitative estimate of drug-likeness (QED) is 0.440. The van der Waals surface area contributed by atoms with E-state index in [2.05, 4.69) is 10.3 Å². The minimum atomic E-state index is -0.162. The summed E-state index contributed by atoms with van der Waals surface area (Å²) in [6, 6.07) is 21.5. The van der Waals surface area contributed by atoms with E-state index in [9.17, 15) is 4.79 Å². The summed E-state index contributed by atoms with van der Waals surface area (Å²) in [4.78, 5) is 21.6. The van der Waals surface area contributed by atoms with Crippen molar-refractivity contribution in [3.63, 3.8) is 0 Å². The third-order valence-corrected chi connectivity index (χ3v) is 5.57. The number of hydrogen-bond acceptors (Lipinski definition) is 3. The number of aromatic amines is 1. The van der Waals surface area contributed by atoms with E-state index in [1.807, 2.05) is 89.9 Å². The van der Waals surface area contributed by atoms with Gasteiger partial charge in [-0.2, -0.15) is 0 Å². The lowest BCUT2D eigenvalue weighted by Crippen LogP contribution is -2.11. The molecule has 0 aliphatic rings. The highest BCUT2D eigenvalue weighted by Gasteiger charge is 2.20. The van der Waals surface area contributed by atoms with Crippen molar-refractivity contribution in [3.8, 4) is 16.4 Å². The molecule has 0 bridgehead atoms. The first kappa shape index (κ1) is 16.5. The third kappa shape index (κ3) is 3.00. The highest BCUT2D eigenvalue weighted by molar-refractivity contribution is 7.16. The number of H-pyrrole nitrogens is 1. The van der Waals surface area contributed by atoms with E-state index in [0.29, 0.717) is 10.6 Å². The lowest BCUT2D eigenvalue weighted by molar-refractivity contribution is 0.103. The lowest BCUT2D eigenvalue weighted by atomic mass is 10.1. The molecule has 0 aliphatic carbocycles. The van der Waals surface area contributed by atoms with E-state index in [1.165, 1.54) is 11.3 Å². The Kier molecular flexibility index (Phi) is 4.03. The second-order valence-corrected chi connectivity index (χ2v) is 7.34. The molecule has 1 amide bonds. The second-order valence-electron chi connectivity index (χ2n) is 6.36. The van der Waals surface area contributed by atoms with Crippen LogP contribution in [0.2, 0.25) is 0 Å². The Morgan fingerprint density at radius 3 is 2.64 bits per heavy atom. The van der Waals surface area contributed by atoms with Crippen LogP contribution in [-0.2, 0) is 0 Å². The van der Waals surface area contributed by atoms with Gasteiger partial charge in [0, 0.05) is 40.7 Å². The summed E-state index contributed by atoms with van der Waals surface area (Å²) < 4.78 is 1.92. The van der Waals surface area contributed by atoms with Crippen LogP contribution in [0.1, 0.15) is 9.67 Å². The van der Waals surface area contributed by atoms with Crippen LogP contribution in [0.3, 0.4) is 0 Å². The van der Waals surface area contributed by atoms with Crippen LogP contribution in [0.25, 0.3) is 27.3 Å². The number of carbonyl (C=O) groups excluding carboxylic acids is 1. The summed E-state index contributed by atoms with van der Waals surface area (Å²) in [6.45, 7) is 0. The molecule has 5 rings (SSSR count). The van der Waals surface area contributed by atoms with Crippen molar-refractivity contribution < 1.29 is 4.79 Å². The highest BCUT2D eigenvalue weighted by atomic mass is 32.1. The molecule has 5 aromatic rings. The first-order valence-electron chi connectivity index (χ1n) is 8.86. The molecule has 0 unspecified atom stereocenters. The maximum Gasteiger partial charge on any atom is 0.268 e. The minimum Gasteiger partial charge on any atom is -0.361 e. The van der Waals surface area contributed by atoms with Crippen molar-refractivity contribution in [1.29, 1.82) is 0 Å². The number of hydrogen-bond donors (Lipinski definition) is 2. The molecule has 0 spiro atoms. The first-order valence-corrected chi connectivity index (χ1v) is 9.68. The van der Waals surface area contributed by atoms with Crippen molar-refractivity contribution in [2.24, 2.45) is 0 Å². The number of benzene rings is 2. The van der Waals surface area contributed by atoms with Gasteiger partial charge in [-0.1, -0.05) is 41.7 Å². The van der Waals surface area contributed by atoms with Crippen LogP contribution in [0.4, 0.5) is 5.69 Å². The van der Waals surface area contributed by atoms with E-state index in [1.54, 1.807) is 0 Å². The lowest BCUT2D eigenvalue weighted by Gasteiger charge is -2.05. The van der Waals surface area contributed by atoms with Gasteiger partial charge in [-0.15, -0.1) is 0 Å². The number of anilines is 1. The number of nitrogens with zero attached hydrogens (tertiary/aromatic N) is 2. The molecule has 6 heteroatoms. The predicted octanol–water partition coefficient (Wildman–Crippen LogP) is 5.33. The van der Waals surface area contributed by atoms with Gasteiger partial charge in [-0.05, 0) is 36.4 Å². The zero-order valence-electron chi connectivity index (χ0n) is 14.8. The predicted molar refractivity (Wildman–Crippen MR) is 113 cm³/mol. The molecule has 0 atom stereocenters. The van der Waals surface area contributed by atoms with Gasteiger partial charge in [0.25, 0.3) is 5.91 Å². The third-order valence-electron chi connectivity index (χ3n) is 4.51. The molecule has 136 valence electrons. The van der Waals surface area contributed by atoms with Gasteiger partial charge in [0.15, 0.2) is 5.13 Å². The molecule has 3 heterocycles. The summed E-state index contributed by atoms with van der Waals surface area (Å²) in [7, 11) is 0. The van der Waals surface area contributed by atoms with Crippen molar-refractivity contribution in [2.75, 3.05) is 5.32 Å². The van der Waals surface area contributed by atoms with Gasteiger partial charge in [0.05, 0.1) is 5.69 Å². The molecule has 0 radical (unpaired) electrons. The smallest absolute Gasteiger partial charge is 0.268 e. The second kappa shape index (κ2) is 6.83. The number of rotatable bonds is 4. The Bertz CT molecular complexity index is 1250. The van der Waals surface area contributed by atoms with Crippen molar-refractivity contribution >= 4 is 33.8 Å². The Morgan fingerprint density at radius 2 is 1.82 bits per heavy atom. The van der Waals surface area contributed by atoms with Gasteiger partial charge in [0.1, 0.15) is 4.88 Å². The maximum absolute atomic E-state index is 13.1. The van der Waals surface area contributed by atoms with Gasteiger partial charge in [0.2, 0.25) is 0 Å². The van der Waals surface area contributed by atoms with E-state index < -0.39 is 0 Å². The van der Waals surface area contributed by atoms with Crippen LogP contribution < -0.4 is 5.32 Å². The topological polar surface area (TPSA) is 62.7 Å². The molecule has 0 saturated heterocycles. The van der Waals surface area contributed by atoms with Crippen molar-refractivity contribution in [3.05, 3.63) is 90.2 Å². The molecule has 2 aromatic carbocycles. The highest BCUT2D eigenvalue weighted by Crippen LogP contribution is 2.31. The summed E-state index contributed by atoms with van der Waals surface area (Å²) in [5.74, 6) is -0.162. The molecule has 28 heavy (non-hydrogen) atoms. The number of fused-ring (bicyclic) bond motifs is 1. The van der Waals surface area contributed by atoms with E-state index in [0.717, 1.165) is 27.3 Å². The molecule has 0 saturated carbocycles. The Labute approximate surface area is 165 Å². The van der Waals surface area contributed by atoms with Gasteiger partial charge in [-0.3, -0.25) is 4.79 Å². The molecule has 0 fully saturated rings. The van der Waals surface area contributed by atoms with Gasteiger partial charge < -0.3 is 14.9 Å². The number of thiazole rings is 1. The molecular weight excluding hydrogens is 368 g/mol. The number of amides is 1. The first-order chi connectivity index (χ1) is 13.8. The Balaban J connectivity index is 1.54. The number of aromatic nitrogens is 3.